The van der Waals surface area contributed by atoms with Crippen molar-refractivity contribution in [2.24, 2.45) is 0 Å². The number of rotatable bonds is 5. The Balaban J connectivity index is 1.63. The minimum atomic E-state index is -3.40. The molecular weight excluding hydrogens is 434 g/mol. The molecule has 4 aromatic rings. The number of benzene rings is 3. The van der Waals surface area contributed by atoms with E-state index in [-0.39, 0.29) is 21.2 Å². The highest BCUT2D eigenvalue weighted by molar-refractivity contribution is 7.91. The summed E-state index contributed by atoms with van der Waals surface area (Å²) >= 11 is 6.20. The van der Waals surface area contributed by atoms with Gasteiger partial charge in [-0.3, -0.25) is 4.79 Å². The molecule has 0 fully saturated rings. The molecule has 1 amide bonds. The van der Waals surface area contributed by atoms with Gasteiger partial charge in [-0.05, 0) is 36.4 Å². The summed E-state index contributed by atoms with van der Waals surface area (Å²) < 4.78 is 24.0. The first-order chi connectivity index (χ1) is 14.9. The van der Waals surface area contributed by atoms with Gasteiger partial charge in [0.25, 0.3) is 5.91 Å². The van der Waals surface area contributed by atoms with E-state index in [2.05, 4.69) is 15.3 Å². The molecule has 156 valence electrons. The molecule has 0 radical (unpaired) electrons. The molecule has 0 bridgehead atoms. The van der Waals surface area contributed by atoms with Crippen LogP contribution in [0.1, 0.15) is 17.3 Å². The number of anilines is 1. The Morgan fingerprint density at radius 1 is 1.00 bits per heavy atom. The van der Waals surface area contributed by atoms with Gasteiger partial charge in [0, 0.05) is 16.6 Å². The van der Waals surface area contributed by atoms with Crippen LogP contribution in [-0.2, 0) is 9.84 Å². The molecule has 0 aliphatic rings. The number of sulfone groups is 1. The molecule has 0 aliphatic heterocycles. The third-order valence-corrected chi connectivity index (χ3v) is 6.91. The van der Waals surface area contributed by atoms with Crippen LogP contribution in [0, 0.1) is 0 Å². The van der Waals surface area contributed by atoms with Crippen molar-refractivity contribution < 1.29 is 13.2 Å². The quantitative estimate of drug-likeness (QED) is 0.461. The van der Waals surface area contributed by atoms with Gasteiger partial charge in [-0.2, -0.15) is 0 Å². The smallest absolute Gasteiger partial charge is 0.257 e. The number of carbonyl (C=O) groups is 1. The number of fused-ring (bicyclic) bond motifs is 1. The maximum Gasteiger partial charge on any atom is 0.257 e. The summed E-state index contributed by atoms with van der Waals surface area (Å²) in [4.78, 5) is 21.5. The molecule has 3 aromatic carbocycles. The van der Waals surface area contributed by atoms with E-state index in [1.165, 1.54) is 24.5 Å². The van der Waals surface area contributed by atoms with Gasteiger partial charge in [0.2, 0.25) is 0 Å². The van der Waals surface area contributed by atoms with Crippen molar-refractivity contribution in [2.45, 2.75) is 11.8 Å². The maximum absolute atomic E-state index is 12.8. The average Bonchev–Trinajstić information content (AvgIpc) is 2.78. The first kappa shape index (κ1) is 21.0. The summed E-state index contributed by atoms with van der Waals surface area (Å²) in [5.74, 6) is -0.477. The number of hydrogen-bond acceptors (Lipinski definition) is 5. The van der Waals surface area contributed by atoms with Crippen LogP contribution in [0.3, 0.4) is 0 Å². The third-order valence-electron chi connectivity index (χ3n) is 4.86. The van der Waals surface area contributed by atoms with Gasteiger partial charge in [0.05, 0.1) is 32.4 Å². The lowest BCUT2D eigenvalue weighted by atomic mass is 10.1. The number of aromatic nitrogens is 2. The van der Waals surface area contributed by atoms with Crippen molar-refractivity contribution in [2.75, 3.05) is 11.1 Å². The normalized spacial score (nSPS) is 11.4. The van der Waals surface area contributed by atoms with E-state index in [9.17, 15) is 13.2 Å². The van der Waals surface area contributed by atoms with Crippen molar-refractivity contribution in [1.82, 2.24) is 9.97 Å². The summed E-state index contributed by atoms with van der Waals surface area (Å²) in [6, 6.07) is 19.1. The topological polar surface area (TPSA) is 89.0 Å². The zero-order chi connectivity index (χ0) is 22.0. The van der Waals surface area contributed by atoms with Crippen LogP contribution >= 0.6 is 11.6 Å². The molecule has 0 unspecified atom stereocenters. The Labute approximate surface area is 184 Å². The van der Waals surface area contributed by atoms with Crippen LogP contribution in [0.4, 0.5) is 5.69 Å². The molecule has 0 atom stereocenters. The van der Waals surface area contributed by atoms with Crippen molar-refractivity contribution in [3.8, 4) is 11.3 Å². The van der Waals surface area contributed by atoms with Gasteiger partial charge < -0.3 is 5.32 Å². The van der Waals surface area contributed by atoms with Gasteiger partial charge in [0.15, 0.2) is 9.84 Å². The lowest BCUT2D eigenvalue weighted by molar-refractivity contribution is 0.102. The van der Waals surface area contributed by atoms with Crippen molar-refractivity contribution in [1.29, 1.82) is 0 Å². The van der Waals surface area contributed by atoms with Crippen LogP contribution < -0.4 is 5.32 Å². The van der Waals surface area contributed by atoms with Crippen molar-refractivity contribution in [3.63, 3.8) is 0 Å². The van der Waals surface area contributed by atoms with Gasteiger partial charge in [-0.1, -0.05) is 48.9 Å². The Morgan fingerprint density at radius 2 is 1.81 bits per heavy atom. The van der Waals surface area contributed by atoms with Gasteiger partial charge in [-0.25, -0.2) is 18.4 Å². The third kappa shape index (κ3) is 4.28. The minimum absolute atomic E-state index is 0.0423. The van der Waals surface area contributed by atoms with Gasteiger partial charge >= 0.3 is 0 Å². The fraction of sp³-hybridized carbons (Fsp3) is 0.0870. The van der Waals surface area contributed by atoms with Gasteiger partial charge in [-0.15, -0.1) is 0 Å². The van der Waals surface area contributed by atoms with Crippen molar-refractivity contribution in [3.05, 3.63) is 83.6 Å². The SMILES string of the molecule is CCS(=O)(=O)c1ccc(C(=O)Nc2cccc(-c3ncnc4ccccc34)c2)c(Cl)c1. The molecule has 0 aliphatic carbocycles. The van der Waals surface area contributed by atoms with Crippen molar-refractivity contribution >= 4 is 43.9 Å². The Kier molecular flexibility index (Phi) is 5.71. The molecule has 1 heterocycles. The number of nitrogens with one attached hydrogen (secondary N) is 1. The van der Waals surface area contributed by atoms with E-state index < -0.39 is 15.7 Å². The monoisotopic (exact) mass is 451 g/mol. The molecule has 31 heavy (non-hydrogen) atoms. The second-order valence-electron chi connectivity index (χ2n) is 6.82. The predicted octanol–water partition coefficient (Wildman–Crippen LogP) is 5.00. The van der Waals surface area contributed by atoms with Crippen LogP contribution in [0.25, 0.3) is 22.2 Å². The lowest BCUT2D eigenvalue weighted by Crippen LogP contribution is -2.13. The lowest BCUT2D eigenvalue weighted by Gasteiger charge is -2.10. The molecule has 0 spiro atoms. The summed E-state index contributed by atoms with van der Waals surface area (Å²) in [7, 11) is -3.40. The molecular formula is C23H18ClN3O3S. The van der Waals surface area contributed by atoms with E-state index >= 15 is 0 Å². The number of hydrogen-bond donors (Lipinski definition) is 1. The molecule has 1 N–H and O–H groups in total. The van der Waals surface area contributed by atoms with E-state index in [4.69, 9.17) is 11.6 Å². The zero-order valence-electron chi connectivity index (χ0n) is 16.5. The standard InChI is InChI=1S/C23H18ClN3O3S/c1-2-31(29,30)17-10-11-18(20(24)13-17)23(28)27-16-7-5-6-15(12-16)22-19-8-3-4-9-21(19)25-14-26-22/h3-14H,2H2,1H3,(H,27,28). The van der Waals surface area contributed by atoms with E-state index in [0.29, 0.717) is 5.69 Å². The highest BCUT2D eigenvalue weighted by atomic mass is 35.5. The van der Waals surface area contributed by atoms with E-state index in [0.717, 1.165) is 22.2 Å². The second-order valence-corrected chi connectivity index (χ2v) is 9.50. The number of amides is 1. The minimum Gasteiger partial charge on any atom is -0.322 e. The molecule has 0 saturated carbocycles. The number of halogens is 1. The zero-order valence-corrected chi connectivity index (χ0v) is 18.1. The second kappa shape index (κ2) is 8.45. The fourth-order valence-electron chi connectivity index (χ4n) is 3.22. The highest BCUT2D eigenvalue weighted by Crippen LogP contribution is 2.28. The maximum atomic E-state index is 12.8. The number of para-hydroxylation sites is 1. The predicted molar refractivity (Wildman–Crippen MR) is 122 cm³/mol. The van der Waals surface area contributed by atoms with E-state index in [1.54, 1.807) is 13.0 Å². The number of nitrogens with zero attached hydrogens (tertiary/aromatic N) is 2. The molecule has 0 saturated heterocycles. The highest BCUT2D eigenvalue weighted by Gasteiger charge is 2.17. The van der Waals surface area contributed by atoms with E-state index in [1.807, 2.05) is 42.5 Å². The largest absolute Gasteiger partial charge is 0.322 e. The Hall–Kier alpha value is -3.29. The Bertz CT molecular complexity index is 1400. The molecule has 4 rings (SSSR count). The average molecular weight is 452 g/mol. The van der Waals surface area contributed by atoms with Crippen LogP contribution in [-0.4, -0.2) is 30.0 Å². The van der Waals surface area contributed by atoms with Crippen LogP contribution in [0.5, 0.6) is 0 Å². The summed E-state index contributed by atoms with van der Waals surface area (Å²) in [5, 5.41) is 3.79. The fourth-order valence-corrected chi connectivity index (χ4v) is 4.45. The van der Waals surface area contributed by atoms with Gasteiger partial charge in [0.1, 0.15) is 6.33 Å². The molecule has 8 heteroatoms. The summed E-state index contributed by atoms with van der Waals surface area (Å²) in [6.45, 7) is 1.55. The Morgan fingerprint density at radius 3 is 2.58 bits per heavy atom. The summed E-state index contributed by atoms with van der Waals surface area (Å²) in [5.41, 5.74) is 3.16. The van der Waals surface area contributed by atoms with Crippen LogP contribution in [0.15, 0.2) is 78.0 Å². The number of carbonyl (C=O) groups excluding carboxylic acids is 1. The first-order valence-corrected chi connectivity index (χ1v) is 11.6. The first-order valence-electron chi connectivity index (χ1n) is 9.53. The summed E-state index contributed by atoms with van der Waals surface area (Å²) in [6.07, 6.45) is 1.51. The van der Waals surface area contributed by atoms with Crippen LogP contribution in [0.2, 0.25) is 5.02 Å². The molecule has 6 nitrogen and oxygen atoms in total. The molecule has 1 aromatic heterocycles.